The quantitative estimate of drug-likeness (QED) is 0.481. The van der Waals surface area contributed by atoms with E-state index >= 15 is 0 Å². The van der Waals surface area contributed by atoms with Gasteiger partial charge in [-0.25, -0.2) is 8.42 Å². The number of hydrogen-bond acceptors (Lipinski definition) is 4. The van der Waals surface area contributed by atoms with E-state index in [1.807, 2.05) is 50.2 Å². The Morgan fingerprint density at radius 2 is 1.53 bits per heavy atom. The van der Waals surface area contributed by atoms with Gasteiger partial charge in [0.05, 0.1) is 10.6 Å². The molecule has 0 atom stereocenters. The van der Waals surface area contributed by atoms with Crippen molar-refractivity contribution in [1.82, 2.24) is 0 Å². The number of rotatable bonds is 6. The number of sulfonamides is 1. The Morgan fingerprint density at radius 3 is 2.21 bits per heavy atom. The first-order valence-electron chi connectivity index (χ1n) is 11.6. The van der Waals surface area contributed by atoms with Gasteiger partial charge in [0, 0.05) is 30.0 Å². The number of hydrogen-bond donors (Lipinski definition) is 2. The molecule has 1 fully saturated rings. The number of carbonyl (C=O) groups is 1. The van der Waals surface area contributed by atoms with Gasteiger partial charge in [-0.1, -0.05) is 23.8 Å². The van der Waals surface area contributed by atoms with Gasteiger partial charge >= 0.3 is 0 Å². The first-order valence-corrected chi connectivity index (χ1v) is 13.1. The molecule has 1 saturated heterocycles. The first kappa shape index (κ1) is 23.8. The summed E-state index contributed by atoms with van der Waals surface area (Å²) in [4.78, 5) is 15.3. The van der Waals surface area contributed by atoms with Gasteiger partial charge in [0.2, 0.25) is 0 Å². The minimum Gasteiger partial charge on any atom is -0.372 e. The molecule has 1 aliphatic rings. The maximum absolute atomic E-state index is 13.1. The smallest absolute Gasteiger partial charge is 0.262 e. The highest BCUT2D eigenvalue weighted by atomic mass is 32.2. The summed E-state index contributed by atoms with van der Waals surface area (Å²) in [5.74, 6) is -0.353. The molecule has 3 aromatic carbocycles. The van der Waals surface area contributed by atoms with Crippen molar-refractivity contribution in [1.29, 1.82) is 0 Å². The molecule has 0 bridgehead atoms. The molecule has 1 amide bonds. The van der Waals surface area contributed by atoms with E-state index in [2.05, 4.69) is 14.9 Å². The zero-order valence-corrected chi connectivity index (χ0v) is 20.7. The van der Waals surface area contributed by atoms with Gasteiger partial charge in [0.25, 0.3) is 15.9 Å². The number of aryl methyl sites for hydroxylation is 3. The molecular formula is C27H31N3O3S. The maximum Gasteiger partial charge on any atom is 0.262 e. The predicted molar refractivity (Wildman–Crippen MR) is 138 cm³/mol. The van der Waals surface area contributed by atoms with E-state index in [1.54, 1.807) is 25.1 Å². The molecule has 0 aliphatic carbocycles. The van der Waals surface area contributed by atoms with Crippen LogP contribution in [0.4, 0.5) is 17.1 Å². The molecule has 1 aliphatic heterocycles. The van der Waals surface area contributed by atoms with Gasteiger partial charge in [-0.15, -0.1) is 0 Å². The molecule has 0 unspecified atom stereocenters. The Labute approximate surface area is 202 Å². The Hall–Kier alpha value is -3.32. The van der Waals surface area contributed by atoms with Crippen LogP contribution < -0.4 is 14.9 Å². The van der Waals surface area contributed by atoms with Gasteiger partial charge in [-0.3, -0.25) is 9.52 Å². The number of benzene rings is 3. The number of carbonyl (C=O) groups excluding carboxylic acids is 1. The second kappa shape index (κ2) is 9.89. The molecule has 1 heterocycles. The van der Waals surface area contributed by atoms with E-state index in [1.165, 1.54) is 25.3 Å². The minimum atomic E-state index is -3.86. The second-order valence-corrected chi connectivity index (χ2v) is 10.6. The fourth-order valence-corrected chi connectivity index (χ4v) is 5.67. The molecule has 4 rings (SSSR count). The number of amides is 1. The van der Waals surface area contributed by atoms with E-state index < -0.39 is 10.0 Å². The van der Waals surface area contributed by atoms with Crippen molar-refractivity contribution in [3.05, 3.63) is 82.9 Å². The third-order valence-corrected chi connectivity index (χ3v) is 7.72. The van der Waals surface area contributed by atoms with Crippen LogP contribution in [0.1, 0.15) is 46.3 Å². The molecule has 34 heavy (non-hydrogen) atoms. The molecule has 7 heteroatoms. The van der Waals surface area contributed by atoms with E-state index in [9.17, 15) is 13.2 Å². The van der Waals surface area contributed by atoms with Crippen molar-refractivity contribution >= 4 is 33.0 Å². The van der Waals surface area contributed by atoms with Crippen molar-refractivity contribution in [3.8, 4) is 0 Å². The summed E-state index contributed by atoms with van der Waals surface area (Å²) in [6.07, 6.45) is 3.68. The third kappa shape index (κ3) is 5.42. The van der Waals surface area contributed by atoms with Gasteiger partial charge in [0.15, 0.2) is 0 Å². The summed E-state index contributed by atoms with van der Waals surface area (Å²) < 4.78 is 28.9. The largest absolute Gasteiger partial charge is 0.372 e. The van der Waals surface area contributed by atoms with Gasteiger partial charge in [0.1, 0.15) is 0 Å². The zero-order chi connectivity index (χ0) is 24.3. The van der Waals surface area contributed by atoms with Crippen LogP contribution in [0, 0.1) is 20.8 Å². The lowest BCUT2D eigenvalue weighted by molar-refractivity contribution is 0.102. The van der Waals surface area contributed by atoms with E-state index in [0.29, 0.717) is 16.9 Å². The summed E-state index contributed by atoms with van der Waals surface area (Å²) >= 11 is 0. The van der Waals surface area contributed by atoms with Crippen molar-refractivity contribution in [2.24, 2.45) is 0 Å². The van der Waals surface area contributed by atoms with Gasteiger partial charge in [-0.05, 0) is 93.6 Å². The molecule has 3 aromatic rings. The topological polar surface area (TPSA) is 78.5 Å². The lowest BCUT2D eigenvalue weighted by Gasteiger charge is -2.28. The van der Waals surface area contributed by atoms with Crippen molar-refractivity contribution in [2.45, 2.75) is 44.9 Å². The Kier molecular flexibility index (Phi) is 6.93. The highest BCUT2D eigenvalue weighted by molar-refractivity contribution is 7.92. The number of nitrogens with zero attached hydrogens (tertiary/aromatic N) is 1. The van der Waals surface area contributed by atoms with Gasteiger partial charge < -0.3 is 10.2 Å². The summed E-state index contributed by atoms with van der Waals surface area (Å²) in [6, 6.07) is 18.1. The van der Waals surface area contributed by atoms with E-state index in [4.69, 9.17) is 0 Å². The molecule has 2 N–H and O–H groups in total. The lowest BCUT2D eigenvalue weighted by atomic mass is 10.1. The third-order valence-electron chi connectivity index (χ3n) is 6.21. The van der Waals surface area contributed by atoms with E-state index in [-0.39, 0.29) is 16.4 Å². The van der Waals surface area contributed by atoms with Crippen LogP contribution in [0.5, 0.6) is 0 Å². The lowest BCUT2D eigenvalue weighted by Crippen LogP contribution is -2.29. The van der Waals surface area contributed by atoms with Crippen LogP contribution in [0.3, 0.4) is 0 Å². The fraction of sp³-hybridized carbons (Fsp3) is 0.296. The van der Waals surface area contributed by atoms with Crippen molar-refractivity contribution in [2.75, 3.05) is 28.0 Å². The van der Waals surface area contributed by atoms with Crippen molar-refractivity contribution in [3.63, 3.8) is 0 Å². The summed E-state index contributed by atoms with van der Waals surface area (Å²) in [7, 11) is -3.86. The average Bonchev–Trinajstić information content (AvgIpc) is 2.82. The molecular weight excluding hydrogens is 446 g/mol. The monoisotopic (exact) mass is 477 g/mol. The highest BCUT2D eigenvalue weighted by Gasteiger charge is 2.20. The highest BCUT2D eigenvalue weighted by Crippen LogP contribution is 2.25. The SMILES string of the molecule is Cc1ccc(NS(=O)(=O)c2cc(C(=O)Nc3ccc(N4CCCCC4)cc3)ccc2C)c(C)c1. The summed E-state index contributed by atoms with van der Waals surface area (Å²) in [5, 5.41) is 2.88. The molecule has 0 spiro atoms. The van der Waals surface area contributed by atoms with Crippen molar-refractivity contribution < 1.29 is 13.2 Å². The Bertz CT molecular complexity index is 1300. The summed E-state index contributed by atoms with van der Waals surface area (Å²) in [6.45, 7) is 7.65. The maximum atomic E-state index is 13.1. The number of anilines is 3. The zero-order valence-electron chi connectivity index (χ0n) is 19.9. The number of piperidine rings is 1. The Morgan fingerprint density at radius 1 is 0.824 bits per heavy atom. The first-order chi connectivity index (χ1) is 16.2. The van der Waals surface area contributed by atoms with Crippen LogP contribution >= 0.6 is 0 Å². The van der Waals surface area contributed by atoms with Crippen LogP contribution in [0.25, 0.3) is 0 Å². The van der Waals surface area contributed by atoms with Gasteiger partial charge in [-0.2, -0.15) is 0 Å². The molecule has 178 valence electrons. The molecule has 0 aromatic heterocycles. The average molecular weight is 478 g/mol. The fourth-order valence-electron chi connectivity index (χ4n) is 4.27. The van der Waals surface area contributed by atoms with Crippen LogP contribution in [0.2, 0.25) is 0 Å². The van der Waals surface area contributed by atoms with E-state index in [0.717, 1.165) is 29.9 Å². The predicted octanol–water partition coefficient (Wildman–Crippen LogP) is 5.66. The minimum absolute atomic E-state index is 0.0839. The van der Waals surface area contributed by atoms with Crippen LogP contribution in [-0.4, -0.2) is 27.4 Å². The molecule has 0 radical (unpaired) electrons. The standard InChI is InChI=1S/C27H31N3O3S/c1-19-7-14-25(21(3)17-19)29-34(32,33)26-18-22(9-8-20(26)2)27(31)28-23-10-12-24(13-11-23)30-15-5-4-6-16-30/h7-14,17-18,29H,4-6,15-16H2,1-3H3,(H,28,31). The van der Waals surface area contributed by atoms with Crippen LogP contribution in [-0.2, 0) is 10.0 Å². The van der Waals surface area contributed by atoms with Crippen LogP contribution in [0.15, 0.2) is 65.6 Å². The summed E-state index contributed by atoms with van der Waals surface area (Å²) in [5.41, 5.74) is 5.09. The molecule has 6 nitrogen and oxygen atoms in total. The number of nitrogens with one attached hydrogen (secondary N) is 2. The molecule has 0 saturated carbocycles. The second-order valence-electron chi connectivity index (χ2n) is 8.95. The Balaban J connectivity index is 1.51. The normalized spacial score (nSPS) is 14.0.